The zero-order valence-electron chi connectivity index (χ0n) is 12.3. The fourth-order valence-electron chi connectivity index (χ4n) is 2.07. The average Bonchev–Trinajstić information content (AvgIpc) is 2.53. The van der Waals surface area contributed by atoms with Gasteiger partial charge in [0.2, 0.25) is 0 Å². The number of benzene rings is 2. The first kappa shape index (κ1) is 15.3. The van der Waals surface area contributed by atoms with Crippen LogP contribution in [0.5, 0.6) is 11.5 Å². The highest BCUT2D eigenvalue weighted by atomic mass is 19.1. The Morgan fingerprint density at radius 3 is 2.62 bits per heavy atom. The highest BCUT2D eigenvalue weighted by Gasteiger charge is 2.11. The van der Waals surface area contributed by atoms with Crippen molar-refractivity contribution in [3.05, 3.63) is 59.4 Å². The lowest BCUT2D eigenvalue weighted by atomic mass is 10.0. The first-order chi connectivity index (χ1) is 10.2. The summed E-state index contributed by atoms with van der Waals surface area (Å²) in [6.07, 6.45) is 0.817. The van der Waals surface area contributed by atoms with Crippen molar-refractivity contribution in [1.29, 1.82) is 0 Å². The Morgan fingerprint density at radius 2 is 1.95 bits per heavy atom. The van der Waals surface area contributed by atoms with Crippen molar-refractivity contribution in [3.63, 3.8) is 0 Å². The molecule has 0 fully saturated rings. The zero-order chi connectivity index (χ0) is 15.2. The van der Waals surface area contributed by atoms with Crippen LogP contribution < -0.4 is 15.2 Å². The van der Waals surface area contributed by atoms with Gasteiger partial charge in [0.05, 0.1) is 7.11 Å². The molecule has 0 saturated carbocycles. The Bertz CT molecular complexity index is 601. The Balaban J connectivity index is 2.13. The number of nitrogens with two attached hydrogens (primary N) is 1. The third kappa shape index (κ3) is 3.73. The quantitative estimate of drug-likeness (QED) is 0.879. The number of rotatable bonds is 6. The van der Waals surface area contributed by atoms with Crippen LogP contribution in [0.2, 0.25) is 0 Å². The molecule has 0 aliphatic rings. The monoisotopic (exact) mass is 289 g/mol. The molecule has 0 heterocycles. The van der Waals surface area contributed by atoms with E-state index in [1.165, 1.54) is 13.2 Å². The van der Waals surface area contributed by atoms with Gasteiger partial charge in [-0.15, -0.1) is 0 Å². The van der Waals surface area contributed by atoms with Gasteiger partial charge in [0.15, 0.2) is 0 Å². The second-order valence-electron chi connectivity index (χ2n) is 4.80. The van der Waals surface area contributed by atoms with E-state index in [-0.39, 0.29) is 18.5 Å². The molecule has 0 amide bonds. The van der Waals surface area contributed by atoms with Crippen LogP contribution in [-0.2, 0) is 6.61 Å². The summed E-state index contributed by atoms with van der Waals surface area (Å²) in [4.78, 5) is 0. The van der Waals surface area contributed by atoms with Crippen molar-refractivity contribution in [2.75, 3.05) is 7.11 Å². The molecular formula is C17H20FNO2. The summed E-state index contributed by atoms with van der Waals surface area (Å²) >= 11 is 0. The number of ether oxygens (including phenoxy) is 2. The Morgan fingerprint density at radius 1 is 1.19 bits per heavy atom. The molecule has 112 valence electrons. The van der Waals surface area contributed by atoms with Crippen LogP contribution in [0, 0.1) is 5.82 Å². The van der Waals surface area contributed by atoms with Gasteiger partial charge in [0.1, 0.15) is 23.9 Å². The third-order valence-electron chi connectivity index (χ3n) is 3.40. The molecule has 0 spiro atoms. The molecule has 0 aliphatic heterocycles. The highest BCUT2D eigenvalue weighted by molar-refractivity contribution is 5.36. The van der Waals surface area contributed by atoms with Crippen molar-refractivity contribution >= 4 is 0 Å². The fraction of sp³-hybridized carbons (Fsp3) is 0.294. The molecule has 0 aliphatic carbocycles. The molecule has 1 atom stereocenters. The van der Waals surface area contributed by atoms with E-state index < -0.39 is 0 Å². The van der Waals surface area contributed by atoms with Crippen molar-refractivity contribution in [2.45, 2.75) is 26.0 Å². The lowest BCUT2D eigenvalue weighted by Crippen LogP contribution is -2.11. The predicted molar refractivity (Wildman–Crippen MR) is 80.9 cm³/mol. The summed E-state index contributed by atoms with van der Waals surface area (Å²) in [5.74, 6) is 0.846. The highest BCUT2D eigenvalue weighted by Crippen LogP contribution is 2.26. The second kappa shape index (κ2) is 7.09. The van der Waals surface area contributed by atoms with Crippen LogP contribution in [0.15, 0.2) is 42.5 Å². The van der Waals surface area contributed by atoms with E-state index in [2.05, 4.69) is 0 Å². The number of para-hydroxylation sites is 1. The normalized spacial score (nSPS) is 12.0. The van der Waals surface area contributed by atoms with Gasteiger partial charge < -0.3 is 15.2 Å². The topological polar surface area (TPSA) is 44.5 Å². The van der Waals surface area contributed by atoms with E-state index in [0.717, 1.165) is 12.0 Å². The molecule has 2 aromatic rings. The van der Waals surface area contributed by atoms with E-state index in [1.807, 2.05) is 31.2 Å². The standard InChI is InChI=1S/C17H20FNO2/c1-3-16(19)14-6-4-5-7-17(14)21-11-12-8-9-13(20-2)10-15(12)18/h4-10,16H,3,11,19H2,1-2H3/t16-/m1/s1. The average molecular weight is 289 g/mol. The molecule has 21 heavy (non-hydrogen) atoms. The maximum Gasteiger partial charge on any atom is 0.133 e. The molecule has 0 unspecified atom stereocenters. The fourth-order valence-corrected chi connectivity index (χ4v) is 2.07. The first-order valence-electron chi connectivity index (χ1n) is 6.95. The molecule has 4 heteroatoms. The van der Waals surface area contributed by atoms with Gasteiger partial charge in [-0.05, 0) is 24.6 Å². The van der Waals surface area contributed by atoms with Gasteiger partial charge in [-0.2, -0.15) is 0 Å². The van der Waals surface area contributed by atoms with Crippen LogP contribution in [0.4, 0.5) is 4.39 Å². The molecule has 0 radical (unpaired) electrons. The van der Waals surface area contributed by atoms with Gasteiger partial charge in [0.25, 0.3) is 0 Å². The van der Waals surface area contributed by atoms with Crippen molar-refractivity contribution in [1.82, 2.24) is 0 Å². The van der Waals surface area contributed by atoms with Gasteiger partial charge in [0, 0.05) is 23.2 Å². The van der Waals surface area contributed by atoms with Gasteiger partial charge in [-0.25, -0.2) is 4.39 Å². The maximum atomic E-state index is 13.9. The summed E-state index contributed by atoms with van der Waals surface area (Å²) in [6, 6.07) is 12.2. The number of hydrogen-bond acceptors (Lipinski definition) is 3. The maximum absolute atomic E-state index is 13.9. The minimum absolute atomic E-state index is 0.0816. The lowest BCUT2D eigenvalue weighted by molar-refractivity contribution is 0.294. The summed E-state index contributed by atoms with van der Waals surface area (Å²) in [7, 11) is 1.51. The van der Waals surface area contributed by atoms with Crippen LogP contribution in [0.25, 0.3) is 0 Å². The lowest BCUT2D eigenvalue weighted by Gasteiger charge is -2.16. The summed E-state index contributed by atoms with van der Waals surface area (Å²) in [5, 5.41) is 0. The summed E-state index contributed by atoms with van der Waals surface area (Å²) in [5.41, 5.74) is 7.48. The Kier molecular flexibility index (Phi) is 5.17. The van der Waals surface area contributed by atoms with E-state index in [9.17, 15) is 4.39 Å². The van der Waals surface area contributed by atoms with E-state index >= 15 is 0 Å². The van der Waals surface area contributed by atoms with Crippen LogP contribution in [0.3, 0.4) is 0 Å². The van der Waals surface area contributed by atoms with E-state index in [1.54, 1.807) is 12.1 Å². The van der Waals surface area contributed by atoms with Gasteiger partial charge in [-0.1, -0.05) is 25.1 Å². The van der Waals surface area contributed by atoms with E-state index in [0.29, 0.717) is 17.1 Å². The van der Waals surface area contributed by atoms with Crippen molar-refractivity contribution < 1.29 is 13.9 Å². The molecule has 2 aromatic carbocycles. The van der Waals surface area contributed by atoms with Crippen molar-refractivity contribution in [3.8, 4) is 11.5 Å². The molecule has 0 bridgehead atoms. The third-order valence-corrected chi connectivity index (χ3v) is 3.40. The molecular weight excluding hydrogens is 269 g/mol. The van der Waals surface area contributed by atoms with E-state index in [4.69, 9.17) is 15.2 Å². The Labute approximate surface area is 124 Å². The van der Waals surface area contributed by atoms with Crippen LogP contribution >= 0.6 is 0 Å². The molecule has 3 nitrogen and oxygen atoms in total. The first-order valence-corrected chi connectivity index (χ1v) is 6.95. The van der Waals surface area contributed by atoms with Gasteiger partial charge in [-0.3, -0.25) is 0 Å². The minimum Gasteiger partial charge on any atom is -0.497 e. The van der Waals surface area contributed by atoms with Crippen LogP contribution in [-0.4, -0.2) is 7.11 Å². The largest absolute Gasteiger partial charge is 0.497 e. The number of halogens is 1. The smallest absolute Gasteiger partial charge is 0.133 e. The zero-order valence-corrected chi connectivity index (χ0v) is 12.3. The molecule has 0 aromatic heterocycles. The summed E-state index contributed by atoms with van der Waals surface area (Å²) < 4.78 is 24.6. The minimum atomic E-state index is -0.341. The second-order valence-corrected chi connectivity index (χ2v) is 4.80. The number of hydrogen-bond donors (Lipinski definition) is 1. The molecule has 0 saturated heterocycles. The van der Waals surface area contributed by atoms with Crippen LogP contribution in [0.1, 0.15) is 30.5 Å². The SMILES string of the molecule is CC[C@@H](N)c1ccccc1OCc1ccc(OC)cc1F. The van der Waals surface area contributed by atoms with Gasteiger partial charge >= 0.3 is 0 Å². The summed E-state index contributed by atoms with van der Waals surface area (Å²) in [6.45, 7) is 2.17. The number of methoxy groups -OCH3 is 1. The van der Waals surface area contributed by atoms with Crippen molar-refractivity contribution in [2.24, 2.45) is 5.73 Å². The molecule has 2 rings (SSSR count). The molecule has 2 N–H and O–H groups in total. The predicted octanol–water partition coefficient (Wildman–Crippen LogP) is 3.82. The Hall–Kier alpha value is -2.07.